The van der Waals surface area contributed by atoms with E-state index in [2.05, 4.69) is 25.8 Å². The number of aliphatic hydroxyl groups excluding tert-OH is 1. The van der Waals surface area contributed by atoms with Gasteiger partial charge in [0.15, 0.2) is 0 Å². The number of nitrogens with zero attached hydrogens (tertiary/aromatic N) is 1. The summed E-state index contributed by atoms with van der Waals surface area (Å²) >= 11 is 0. The van der Waals surface area contributed by atoms with E-state index in [1.807, 2.05) is 0 Å². The second kappa shape index (κ2) is 4.24. The number of hydrogen-bond donors (Lipinski definition) is 1. The van der Waals surface area contributed by atoms with E-state index in [4.69, 9.17) is 0 Å². The Morgan fingerprint density at radius 3 is 2.50 bits per heavy atom. The first-order valence-corrected chi connectivity index (χ1v) is 5.03. The standard InChI is InChI=1S/C10H21NO/c1-4-8(2)10(12)7-11(3)9-5-6-9/h8-10,12H,4-7H2,1-3H3. The highest BCUT2D eigenvalue weighted by molar-refractivity contribution is 4.84. The Morgan fingerprint density at radius 2 is 2.08 bits per heavy atom. The number of hydrogen-bond acceptors (Lipinski definition) is 2. The largest absolute Gasteiger partial charge is 0.392 e. The van der Waals surface area contributed by atoms with E-state index in [1.54, 1.807) is 0 Å². The van der Waals surface area contributed by atoms with Gasteiger partial charge in [-0.25, -0.2) is 0 Å². The molecule has 0 aromatic rings. The van der Waals surface area contributed by atoms with E-state index in [-0.39, 0.29) is 6.10 Å². The van der Waals surface area contributed by atoms with Crippen molar-refractivity contribution in [2.45, 2.75) is 45.3 Å². The summed E-state index contributed by atoms with van der Waals surface area (Å²) < 4.78 is 0. The van der Waals surface area contributed by atoms with Crippen LogP contribution in [-0.2, 0) is 0 Å². The van der Waals surface area contributed by atoms with Crippen LogP contribution in [0, 0.1) is 5.92 Å². The van der Waals surface area contributed by atoms with E-state index >= 15 is 0 Å². The fourth-order valence-electron chi connectivity index (χ4n) is 1.41. The van der Waals surface area contributed by atoms with Crippen LogP contribution in [0.3, 0.4) is 0 Å². The summed E-state index contributed by atoms with van der Waals surface area (Å²) in [6.45, 7) is 5.09. The Balaban J connectivity index is 2.19. The molecule has 2 unspecified atom stereocenters. The third-order valence-corrected chi connectivity index (χ3v) is 2.95. The predicted octanol–water partition coefficient (Wildman–Crippen LogP) is 1.49. The van der Waals surface area contributed by atoms with Crippen molar-refractivity contribution < 1.29 is 5.11 Å². The van der Waals surface area contributed by atoms with Crippen molar-refractivity contribution in [3.8, 4) is 0 Å². The molecule has 0 aromatic carbocycles. The highest BCUT2D eigenvalue weighted by atomic mass is 16.3. The van der Waals surface area contributed by atoms with E-state index in [9.17, 15) is 5.11 Å². The van der Waals surface area contributed by atoms with Gasteiger partial charge in [-0.1, -0.05) is 20.3 Å². The molecule has 2 atom stereocenters. The van der Waals surface area contributed by atoms with Crippen LogP contribution in [0.4, 0.5) is 0 Å². The van der Waals surface area contributed by atoms with Crippen LogP contribution >= 0.6 is 0 Å². The zero-order chi connectivity index (χ0) is 9.14. The van der Waals surface area contributed by atoms with Gasteiger partial charge >= 0.3 is 0 Å². The van der Waals surface area contributed by atoms with Gasteiger partial charge in [0.05, 0.1) is 6.10 Å². The van der Waals surface area contributed by atoms with Gasteiger partial charge in [0.2, 0.25) is 0 Å². The van der Waals surface area contributed by atoms with Gasteiger partial charge in [0.25, 0.3) is 0 Å². The lowest BCUT2D eigenvalue weighted by atomic mass is 10.0. The van der Waals surface area contributed by atoms with Crippen LogP contribution in [0.2, 0.25) is 0 Å². The highest BCUT2D eigenvalue weighted by Crippen LogP contribution is 2.25. The molecule has 2 nitrogen and oxygen atoms in total. The summed E-state index contributed by atoms with van der Waals surface area (Å²) in [6.07, 6.45) is 3.58. The third kappa shape index (κ3) is 2.76. The molecule has 0 amide bonds. The topological polar surface area (TPSA) is 23.5 Å². The lowest BCUT2D eigenvalue weighted by molar-refractivity contribution is 0.0752. The average Bonchev–Trinajstić information content (AvgIpc) is 2.84. The molecule has 72 valence electrons. The van der Waals surface area contributed by atoms with Crippen LogP contribution in [-0.4, -0.2) is 35.7 Å². The molecule has 1 aliphatic carbocycles. The second-order valence-corrected chi connectivity index (χ2v) is 4.12. The van der Waals surface area contributed by atoms with Gasteiger partial charge in [-0.15, -0.1) is 0 Å². The first kappa shape index (κ1) is 10.0. The first-order valence-electron chi connectivity index (χ1n) is 5.03. The van der Waals surface area contributed by atoms with Crippen LogP contribution < -0.4 is 0 Å². The van der Waals surface area contributed by atoms with Crippen molar-refractivity contribution in [3.05, 3.63) is 0 Å². The molecule has 0 spiro atoms. The maximum Gasteiger partial charge on any atom is 0.0692 e. The summed E-state index contributed by atoms with van der Waals surface area (Å²) in [5.41, 5.74) is 0. The Labute approximate surface area is 75.6 Å². The highest BCUT2D eigenvalue weighted by Gasteiger charge is 2.28. The molecule has 0 radical (unpaired) electrons. The minimum atomic E-state index is -0.138. The molecule has 1 N–H and O–H groups in total. The van der Waals surface area contributed by atoms with Gasteiger partial charge in [0.1, 0.15) is 0 Å². The van der Waals surface area contributed by atoms with Crippen LogP contribution in [0.5, 0.6) is 0 Å². The zero-order valence-corrected chi connectivity index (χ0v) is 8.45. The molecule has 1 fully saturated rings. The van der Waals surface area contributed by atoms with Crippen molar-refractivity contribution in [1.29, 1.82) is 0 Å². The maximum atomic E-state index is 9.72. The first-order chi connectivity index (χ1) is 5.65. The normalized spacial score (nSPS) is 22.8. The van der Waals surface area contributed by atoms with Gasteiger partial charge in [-0.3, -0.25) is 0 Å². The van der Waals surface area contributed by atoms with Gasteiger partial charge < -0.3 is 10.0 Å². The maximum absolute atomic E-state index is 9.72. The van der Waals surface area contributed by atoms with Crippen molar-refractivity contribution in [1.82, 2.24) is 4.90 Å². The molecule has 12 heavy (non-hydrogen) atoms. The van der Waals surface area contributed by atoms with Crippen molar-refractivity contribution in [2.75, 3.05) is 13.6 Å². The van der Waals surface area contributed by atoms with Crippen molar-refractivity contribution >= 4 is 0 Å². The third-order valence-electron chi connectivity index (χ3n) is 2.95. The summed E-state index contributed by atoms with van der Waals surface area (Å²) in [5.74, 6) is 0.436. The smallest absolute Gasteiger partial charge is 0.0692 e. The number of rotatable bonds is 5. The SMILES string of the molecule is CCC(C)C(O)CN(C)C1CC1. The monoisotopic (exact) mass is 171 g/mol. The molecule has 0 aromatic heterocycles. The van der Waals surface area contributed by atoms with Crippen molar-refractivity contribution in [3.63, 3.8) is 0 Å². The van der Waals surface area contributed by atoms with Crippen molar-refractivity contribution in [2.24, 2.45) is 5.92 Å². The van der Waals surface area contributed by atoms with E-state index in [1.165, 1.54) is 12.8 Å². The molecular weight excluding hydrogens is 150 g/mol. The minimum absolute atomic E-state index is 0.138. The van der Waals surface area contributed by atoms with Gasteiger partial charge in [-0.2, -0.15) is 0 Å². The minimum Gasteiger partial charge on any atom is -0.392 e. The summed E-state index contributed by atoms with van der Waals surface area (Å²) in [6, 6.07) is 0.767. The van der Waals surface area contributed by atoms with Crippen LogP contribution in [0.25, 0.3) is 0 Å². The molecule has 1 rings (SSSR count). The molecule has 1 saturated carbocycles. The summed E-state index contributed by atoms with van der Waals surface area (Å²) in [4.78, 5) is 2.29. The fourth-order valence-corrected chi connectivity index (χ4v) is 1.41. The molecule has 2 heteroatoms. The Hall–Kier alpha value is -0.0800. The molecular formula is C10H21NO. The number of aliphatic hydroxyl groups is 1. The zero-order valence-electron chi connectivity index (χ0n) is 8.45. The van der Waals surface area contributed by atoms with Crippen LogP contribution in [0.15, 0.2) is 0 Å². The molecule has 0 aliphatic heterocycles. The van der Waals surface area contributed by atoms with E-state index < -0.39 is 0 Å². The quantitative estimate of drug-likeness (QED) is 0.677. The fraction of sp³-hybridized carbons (Fsp3) is 1.00. The van der Waals surface area contributed by atoms with E-state index in [0.29, 0.717) is 5.92 Å². The Morgan fingerprint density at radius 1 is 1.50 bits per heavy atom. The summed E-state index contributed by atoms with van der Waals surface area (Å²) in [7, 11) is 2.11. The van der Waals surface area contributed by atoms with Crippen LogP contribution in [0.1, 0.15) is 33.1 Å². The Kier molecular flexibility index (Phi) is 3.53. The summed E-state index contributed by atoms with van der Waals surface area (Å²) in [5, 5.41) is 9.72. The van der Waals surface area contributed by atoms with Gasteiger partial charge in [0, 0.05) is 12.6 Å². The molecule has 1 aliphatic rings. The molecule has 0 bridgehead atoms. The average molecular weight is 171 g/mol. The second-order valence-electron chi connectivity index (χ2n) is 4.12. The molecule has 0 saturated heterocycles. The van der Waals surface area contributed by atoms with Gasteiger partial charge in [-0.05, 0) is 25.8 Å². The van der Waals surface area contributed by atoms with E-state index in [0.717, 1.165) is 19.0 Å². The predicted molar refractivity (Wildman–Crippen MR) is 51.1 cm³/mol. The number of likely N-dealkylation sites (N-methyl/N-ethyl adjacent to an activating group) is 1. The molecule has 0 heterocycles. The Bertz CT molecular complexity index is 134. The lowest BCUT2D eigenvalue weighted by Gasteiger charge is -2.23. The lowest BCUT2D eigenvalue weighted by Crippen LogP contribution is -2.34.